The number of morpholine rings is 1. The molecule has 0 N–H and O–H groups in total. The molecule has 4 heteroatoms. The van der Waals surface area contributed by atoms with E-state index in [-0.39, 0.29) is 5.60 Å². The van der Waals surface area contributed by atoms with Crippen molar-refractivity contribution in [3.63, 3.8) is 0 Å². The lowest BCUT2D eigenvalue weighted by atomic mass is 10.0. The van der Waals surface area contributed by atoms with Gasteiger partial charge in [-0.15, -0.1) is 0 Å². The molecule has 0 aromatic carbocycles. The summed E-state index contributed by atoms with van der Waals surface area (Å²) in [5.74, 6) is 1.03. The molecule has 0 amide bonds. The van der Waals surface area contributed by atoms with E-state index >= 15 is 0 Å². The number of rotatable bonds is 2. The monoisotopic (exact) mass is 284 g/mol. The number of halogens is 1. The van der Waals surface area contributed by atoms with E-state index in [4.69, 9.17) is 4.74 Å². The van der Waals surface area contributed by atoms with Gasteiger partial charge in [0, 0.05) is 23.8 Å². The Morgan fingerprint density at radius 1 is 1.56 bits per heavy atom. The molecule has 0 radical (unpaired) electrons. The van der Waals surface area contributed by atoms with Crippen LogP contribution in [0, 0.1) is 0 Å². The third-order valence-electron chi connectivity index (χ3n) is 3.12. The molecule has 88 valence electrons. The standard InChI is InChI=1S/C12H17BrN2O/c1-3-12(2)9-15(6-7-16-12)11-5-4-10(13)8-14-11/h4-5,8H,3,6-7,9H2,1-2H3. The lowest BCUT2D eigenvalue weighted by Gasteiger charge is -2.40. The van der Waals surface area contributed by atoms with Crippen LogP contribution < -0.4 is 4.90 Å². The Morgan fingerprint density at radius 3 is 3.00 bits per heavy atom. The fourth-order valence-electron chi connectivity index (χ4n) is 1.90. The number of nitrogens with zero attached hydrogens (tertiary/aromatic N) is 2. The average molecular weight is 285 g/mol. The van der Waals surface area contributed by atoms with Crippen LogP contribution >= 0.6 is 15.9 Å². The lowest BCUT2D eigenvalue weighted by molar-refractivity contribution is -0.0443. The summed E-state index contributed by atoms with van der Waals surface area (Å²) < 4.78 is 6.83. The van der Waals surface area contributed by atoms with Crippen molar-refractivity contribution in [3.8, 4) is 0 Å². The number of hydrogen-bond donors (Lipinski definition) is 0. The third kappa shape index (κ3) is 2.55. The highest BCUT2D eigenvalue weighted by atomic mass is 79.9. The number of aromatic nitrogens is 1. The van der Waals surface area contributed by atoms with Crippen LogP contribution in [0.5, 0.6) is 0 Å². The average Bonchev–Trinajstić information content (AvgIpc) is 2.30. The van der Waals surface area contributed by atoms with Crippen LogP contribution in [0.15, 0.2) is 22.8 Å². The Morgan fingerprint density at radius 2 is 2.38 bits per heavy atom. The van der Waals surface area contributed by atoms with E-state index in [1.165, 1.54) is 0 Å². The summed E-state index contributed by atoms with van der Waals surface area (Å²) in [7, 11) is 0. The minimum atomic E-state index is -0.0347. The van der Waals surface area contributed by atoms with Gasteiger partial charge in [-0.1, -0.05) is 6.92 Å². The van der Waals surface area contributed by atoms with E-state index in [0.717, 1.165) is 36.4 Å². The zero-order chi connectivity index (χ0) is 11.6. The summed E-state index contributed by atoms with van der Waals surface area (Å²) in [5, 5.41) is 0. The van der Waals surface area contributed by atoms with Crippen molar-refractivity contribution in [2.24, 2.45) is 0 Å². The molecule has 3 nitrogen and oxygen atoms in total. The van der Waals surface area contributed by atoms with E-state index in [0.29, 0.717) is 0 Å². The first-order valence-electron chi connectivity index (χ1n) is 5.63. The second-order valence-electron chi connectivity index (χ2n) is 4.41. The maximum atomic E-state index is 5.81. The van der Waals surface area contributed by atoms with Gasteiger partial charge in [-0.05, 0) is 41.4 Å². The number of pyridine rings is 1. The smallest absolute Gasteiger partial charge is 0.128 e. The van der Waals surface area contributed by atoms with Gasteiger partial charge in [0.2, 0.25) is 0 Å². The van der Waals surface area contributed by atoms with Crippen molar-refractivity contribution in [2.45, 2.75) is 25.9 Å². The predicted molar refractivity (Wildman–Crippen MR) is 68.8 cm³/mol. The lowest BCUT2D eigenvalue weighted by Crippen LogP contribution is -2.50. The van der Waals surface area contributed by atoms with Crippen LogP contribution in [0.25, 0.3) is 0 Å². The van der Waals surface area contributed by atoms with Crippen LogP contribution in [0.4, 0.5) is 5.82 Å². The number of hydrogen-bond acceptors (Lipinski definition) is 3. The van der Waals surface area contributed by atoms with Gasteiger partial charge in [-0.3, -0.25) is 0 Å². The highest BCUT2D eigenvalue weighted by Gasteiger charge is 2.30. The first kappa shape index (κ1) is 11.9. The van der Waals surface area contributed by atoms with E-state index in [2.05, 4.69) is 39.7 Å². The maximum Gasteiger partial charge on any atom is 0.128 e. The Hall–Kier alpha value is -0.610. The first-order valence-corrected chi connectivity index (χ1v) is 6.43. The highest BCUT2D eigenvalue weighted by molar-refractivity contribution is 9.10. The van der Waals surface area contributed by atoms with Crippen LogP contribution in [0.1, 0.15) is 20.3 Å². The fourth-order valence-corrected chi connectivity index (χ4v) is 2.13. The normalized spacial score (nSPS) is 25.8. The zero-order valence-corrected chi connectivity index (χ0v) is 11.3. The molecule has 1 aromatic heterocycles. The molecule has 1 aliphatic rings. The molecule has 0 aliphatic carbocycles. The summed E-state index contributed by atoms with van der Waals surface area (Å²) in [6.45, 7) is 6.95. The number of ether oxygens (including phenoxy) is 1. The zero-order valence-electron chi connectivity index (χ0n) is 9.74. The Kier molecular flexibility index (Phi) is 3.50. The van der Waals surface area contributed by atoms with E-state index in [9.17, 15) is 0 Å². The third-order valence-corrected chi connectivity index (χ3v) is 3.59. The minimum absolute atomic E-state index is 0.0347. The molecule has 2 rings (SSSR count). The molecular weight excluding hydrogens is 268 g/mol. The molecule has 1 unspecified atom stereocenters. The molecular formula is C12H17BrN2O. The molecule has 1 fully saturated rings. The summed E-state index contributed by atoms with van der Waals surface area (Å²) in [5.41, 5.74) is -0.0347. The molecule has 16 heavy (non-hydrogen) atoms. The maximum absolute atomic E-state index is 5.81. The van der Waals surface area contributed by atoms with Gasteiger partial charge in [0.25, 0.3) is 0 Å². The van der Waals surface area contributed by atoms with Crippen LogP contribution in [0.3, 0.4) is 0 Å². The van der Waals surface area contributed by atoms with Gasteiger partial charge in [0.1, 0.15) is 5.82 Å². The Balaban J connectivity index is 2.12. The molecule has 1 aliphatic heterocycles. The van der Waals surface area contributed by atoms with Crippen LogP contribution in [-0.2, 0) is 4.74 Å². The Labute approximate surface area is 105 Å². The van der Waals surface area contributed by atoms with Gasteiger partial charge < -0.3 is 9.64 Å². The van der Waals surface area contributed by atoms with Crippen molar-refractivity contribution in [1.82, 2.24) is 4.98 Å². The van der Waals surface area contributed by atoms with Gasteiger partial charge in [-0.2, -0.15) is 0 Å². The second-order valence-corrected chi connectivity index (χ2v) is 5.32. The highest BCUT2D eigenvalue weighted by Crippen LogP contribution is 2.24. The van der Waals surface area contributed by atoms with Gasteiger partial charge in [0.05, 0.1) is 12.2 Å². The quantitative estimate of drug-likeness (QED) is 0.835. The molecule has 1 atom stereocenters. The topological polar surface area (TPSA) is 25.4 Å². The second kappa shape index (κ2) is 4.72. The molecule has 2 heterocycles. The van der Waals surface area contributed by atoms with Crippen molar-refractivity contribution in [2.75, 3.05) is 24.6 Å². The largest absolute Gasteiger partial charge is 0.372 e. The summed E-state index contributed by atoms with van der Waals surface area (Å²) in [6, 6.07) is 4.08. The van der Waals surface area contributed by atoms with Crippen LogP contribution in [-0.4, -0.2) is 30.3 Å². The number of anilines is 1. The van der Waals surface area contributed by atoms with Crippen LogP contribution in [0.2, 0.25) is 0 Å². The summed E-state index contributed by atoms with van der Waals surface area (Å²) >= 11 is 3.40. The molecule has 0 bridgehead atoms. The SMILES string of the molecule is CCC1(C)CN(c2ccc(Br)cn2)CCO1. The predicted octanol–water partition coefficient (Wildman–Crippen LogP) is 2.85. The van der Waals surface area contributed by atoms with Gasteiger partial charge in [0.15, 0.2) is 0 Å². The summed E-state index contributed by atoms with van der Waals surface area (Å²) in [4.78, 5) is 6.72. The molecule has 0 spiro atoms. The van der Waals surface area contributed by atoms with Crippen molar-refractivity contribution in [1.29, 1.82) is 0 Å². The fraction of sp³-hybridized carbons (Fsp3) is 0.583. The van der Waals surface area contributed by atoms with Crippen molar-refractivity contribution in [3.05, 3.63) is 22.8 Å². The first-order chi connectivity index (χ1) is 7.63. The minimum Gasteiger partial charge on any atom is -0.372 e. The summed E-state index contributed by atoms with van der Waals surface area (Å²) in [6.07, 6.45) is 2.87. The molecule has 1 saturated heterocycles. The van der Waals surface area contributed by atoms with Gasteiger partial charge in [-0.25, -0.2) is 4.98 Å². The van der Waals surface area contributed by atoms with Gasteiger partial charge >= 0.3 is 0 Å². The molecule has 0 saturated carbocycles. The van der Waals surface area contributed by atoms with E-state index in [1.807, 2.05) is 18.3 Å². The molecule has 1 aromatic rings. The van der Waals surface area contributed by atoms with E-state index < -0.39 is 0 Å². The van der Waals surface area contributed by atoms with Crippen molar-refractivity contribution < 1.29 is 4.74 Å². The Bertz CT molecular complexity index is 355. The van der Waals surface area contributed by atoms with Crippen molar-refractivity contribution >= 4 is 21.7 Å². The van der Waals surface area contributed by atoms with E-state index in [1.54, 1.807) is 0 Å².